The summed E-state index contributed by atoms with van der Waals surface area (Å²) in [5.74, 6) is -2.00. The smallest absolute Gasteiger partial charge is 0.368 e. The van der Waals surface area contributed by atoms with Gasteiger partial charge in [0.15, 0.2) is 0 Å². The van der Waals surface area contributed by atoms with E-state index in [9.17, 15) is 22.8 Å². The maximum atomic E-state index is 12.5. The number of anilines is 2. The molecule has 1 saturated heterocycles. The summed E-state index contributed by atoms with van der Waals surface area (Å²) >= 11 is 2.10. The van der Waals surface area contributed by atoms with Gasteiger partial charge in [-0.1, -0.05) is 12.1 Å². The Kier molecular flexibility index (Phi) is 6.11. The number of hydrogen-bond acceptors (Lipinski definition) is 3. The maximum absolute atomic E-state index is 12.5. The van der Waals surface area contributed by atoms with E-state index in [1.165, 1.54) is 0 Å². The Bertz CT molecular complexity index is 863. The van der Waals surface area contributed by atoms with Crippen molar-refractivity contribution in [2.75, 3.05) is 36.4 Å². The molecule has 28 heavy (non-hydrogen) atoms. The zero-order valence-corrected chi connectivity index (χ0v) is 16.8. The third-order valence-corrected chi connectivity index (χ3v) is 5.36. The van der Waals surface area contributed by atoms with E-state index in [1.54, 1.807) is 36.4 Å². The van der Waals surface area contributed by atoms with Gasteiger partial charge in [-0.15, -0.1) is 0 Å². The lowest BCUT2D eigenvalue weighted by atomic mass is 10.2. The van der Waals surface area contributed by atoms with E-state index in [2.05, 4.69) is 27.9 Å². The molecule has 0 bridgehead atoms. The molecule has 1 heterocycles. The van der Waals surface area contributed by atoms with E-state index < -0.39 is 12.1 Å². The maximum Gasteiger partial charge on any atom is 0.471 e. The summed E-state index contributed by atoms with van der Waals surface area (Å²) in [6.07, 6.45) is -4.83. The predicted octanol–water partition coefficient (Wildman–Crippen LogP) is 3.75. The van der Waals surface area contributed by atoms with Crippen LogP contribution in [0, 0.1) is 3.57 Å². The normalized spacial score (nSPS) is 14.7. The third kappa shape index (κ3) is 4.75. The van der Waals surface area contributed by atoms with Crippen LogP contribution < -0.4 is 10.2 Å². The van der Waals surface area contributed by atoms with Crippen molar-refractivity contribution in [3.63, 3.8) is 0 Å². The van der Waals surface area contributed by atoms with Crippen LogP contribution in [0.1, 0.15) is 10.4 Å². The van der Waals surface area contributed by atoms with Crippen molar-refractivity contribution in [3.05, 3.63) is 57.7 Å². The first-order chi connectivity index (χ1) is 13.3. The van der Waals surface area contributed by atoms with Crippen LogP contribution in [0.3, 0.4) is 0 Å². The highest BCUT2D eigenvalue weighted by molar-refractivity contribution is 14.1. The van der Waals surface area contributed by atoms with E-state index in [1.807, 2.05) is 17.0 Å². The van der Waals surface area contributed by atoms with Gasteiger partial charge in [0.1, 0.15) is 0 Å². The van der Waals surface area contributed by atoms with Crippen LogP contribution >= 0.6 is 22.6 Å². The number of nitrogens with one attached hydrogen (secondary N) is 1. The second-order valence-corrected chi connectivity index (χ2v) is 7.42. The molecule has 2 aromatic rings. The first-order valence-electron chi connectivity index (χ1n) is 8.53. The Morgan fingerprint density at radius 3 is 2.11 bits per heavy atom. The Balaban J connectivity index is 1.59. The Labute approximate surface area is 173 Å². The van der Waals surface area contributed by atoms with Crippen molar-refractivity contribution in [1.29, 1.82) is 0 Å². The molecule has 0 spiro atoms. The molecule has 1 N–H and O–H groups in total. The summed E-state index contributed by atoms with van der Waals surface area (Å²) in [5.41, 5.74) is 2.03. The van der Waals surface area contributed by atoms with Gasteiger partial charge in [0.05, 0.1) is 5.56 Å². The lowest BCUT2D eigenvalue weighted by Gasteiger charge is -2.36. The highest BCUT2D eigenvalue weighted by atomic mass is 127. The first kappa shape index (κ1) is 20.4. The van der Waals surface area contributed by atoms with Gasteiger partial charge < -0.3 is 15.1 Å². The topological polar surface area (TPSA) is 52.7 Å². The van der Waals surface area contributed by atoms with Gasteiger partial charge in [-0.3, -0.25) is 9.59 Å². The molecular formula is C19H17F3IN3O2. The van der Waals surface area contributed by atoms with E-state index in [0.717, 1.165) is 14.2 Å². The molecule has 1 aliphatic heterocycles. The Morgan fingerprint density at radius 1 is 0.929 bits per heavy atom. The van der Waals surface area contributed by atoms with E-state index >= 15 is 0 Å². The SMILES string of the molecule is O=C(Nc1ccc(N2CCN(C(=O)C(F)(F)F)CC2)cc1)c1ccccc1I. The molecule has 1 fully saturated rings. The zero-order chi connectivity index (χ0) is 20.3. The van der Waals surface area contributed by atoms with Crippen LogP contribution in [0.5, 0.6) is 0 Å². The number of rotatable bonds is 3. The summed E-state index contributed by atoms with van der Waals surface area (Å²) in [6, 6.07) is 14.3. The summed E-state index contributed by atoms with van der Waals surface area (Å²) < 4.78 is 38.4. The summed E-state index contributed by atoms with van der Waals surface area (Å²) in [7, 11) is 0. The minimum atomic E-state index is -4.83. The van der Waals surface area contributed by atoms with E-state index in [4.69, 9.17) is 0 Å². The van der Waals surface area contributed by atoms with Crippen LogP contribution in [0.15, 0.2) is 48.5 Å². The molecule has 2 amide bonds. The largest absolute Gasteiger partial charge is 0.471 e. The first-order valence-corrected chi connectivity index (χ1v) is 9.60. The molecule has 0 radical (unpaired) electrons. The summed E-state index contributed by atoms with van der Waals surface area (Å²) in [6.45, 7) is 0.665. The average Bonchev–Trinajstić information content (AvgIpc) is 2.68. The van der Waals surface area contributed by atoms with Crippen LogP contribution in [-0.4, -0.2) is 49.1 Å². The number of carbonyl (C=O) groups excluding carboxylic acids is 2. The molecule has 2 aromatic carbocycles. The molecule has 3 rings (SSSR count). The fourth-order valence-corrected chi connectivity index (χ4v) is 3.58. The van der Waals surface area contributed by atoms with Gasteiger partial charge >= 0.3 is 12.1 Å². The lowest BCUT2D eigenvalue weighted by Crippen LogP contribution is -2.52. The monoisotopic (exact) mass is 503 g/mol. The van der Waals surface area contributed by atoms with Crippen LogP contribution in [0.4, 0.5) is 24.5 Å². The van der Waals surface area contributed by atoms with Crippen molar-refractivity contribution in [2.24, 2.45) is 0 Å². The Hall–Kier alpha value is -2.30. The molecule has 0 atom stereocenters. The number of alkyl halides is 3. The minimum Gasteiger partial charge on any atom is -0.368 e. The van der Waals surface area contributed by atoms with Crippen LogP contribution in [0.25, 0.3) is 0 Å². The second-order valence-electron chi connectivity index (χ2n) is 6.26. The summed E-state index contributed by atoms with van der Waals surface area (Å²) in [4.78, 5) is 26.4. The molecule has 1 aliphatic rings. The number of nitrogens with zero attached hydrogens (tertiary/aromatic N) is 2. The van der Waals surface area contributed by atoms with Gasteiger partial charge in [0.2, 0.25) is 0 Å². The van der Waals surface area contributed by atoms with E-state index in [-0.39, 0.29) is 19.0 Å². The third-order valence-electron chi connectivity index (χ3n) is 4.42. The zero-order valence-electron chi connectivity index (χ0n) is 14.7. The van der Waals surface area contributed by atoms with Gasteiger partial charge in [-0.2, -0.15) is 13.2 Å². The molecule has 148 valence electrons. The van der Waals surface area contributed by atoms with Crippen LogP contribution in [-0.2, 0) is 4.79 Å². The lowest BCUT2D eigenvalue weighted by molar-refractivity contribution is -0.185. The molecule has 0 aromatic heterocycles. The van der Waals surface area contributed by atoms with Gasteiger partial charge in [-0.25, -0.2) is 0 Å². The fraction of sp³-hybridized carbons (Fsp3) is 0.263. The quantitative estimate of drug-likeness (QED) is 0.650. The highest BCUT2D eigenvalue weighted by Crippen LogP contribution is 2.23. The number of hydrogen-bond donors (Lipinski definition) is 1. The molecule has 0 unspecified atom stereocenters. The standard InChI is InChI=1S/C19H17F3IN3O2/c20-19(21,22)18(28)26-11-9-25(10-12-26)14-7-5-13(6-8-14)24-17(27)15-3-1-2-4-16(15)23/h1-8H,9-12H2,(H,24,27). The number of benzene rings is 2. The summed E-state index contributed by atoms with van der Waals surface area (Å²) in [5, 5.41) is 2.83. The van der Waals surface area contributed by atoms with Gasteiger partial charge in [-0.05, 0) is 59.0 Å². The molecular weight excluding hydrogens is 486 g/mol. The van der Waals surface area contributed by atoms with Crippen molar-refractivity contribution in [3.8, 4) is 0 Å². The van der Waals surface area contributed by atoms with Crippen molar-refractivity contribution in [2.45, 2.75) is 6.18 Å². The van der Waals surface area contributed by atoms with Crippen molar-refractivity contribution in [1.82, 2.24) is 4.90 Å². The van der Waals surface area contributed by atoms with Gasteiger partial charge in [0, 0.05) is 41.1 Å². The average molecular weight is 503 g/mol. The van der Waals surface area contributed by atoms with Crippen molar-refractivity contribution < 1.29 is 22.8 Å². The molecule has 0 aliphatic carbocycles. The van der Waals surface area contributed by atoms with E-state index in [0.29, 0.717) is 24.3 Å². The minimum absolute atomic E-state index is 0.0171. The number of amides is 2. The molecule has 0 saturated carbocycles. The Morgan fingerprint density at radius 2 is 1.54 bits per heavy atom. The molecule has 5 nitrogen and oxygen atoms in total. The predicted molar refractivity (Wildman–Crippen MR) is 108 cm³/mol. The number of piperazine rings is 1. The molecule has 9 heteroatoms. The number of halogens is 4. The number of carbonyl (C=O) groups is 2. The van der Waals surface area contributed by atoms with Gasteiger partial charge in [0.25, 0.3) is 5.91 Å². The van der Waals surface area contributed by atoms with Crippen LogP contribution in [0.2, 0.25) is 0 Å². The highest BCUT2D eigenvalue weighted by Gasteiger charge is 2.43. The fourth-order valence-electron chi connectivity index (χ4n) is 2.95. The van der Waals surface area contributed by atoms with Crippen molar-refractivity contribution >= 4 is 45.8 Å². The second kappa shape index (κ2) is 8.38.